The van der Waals surface area contributed by atoms with Crippen molar-refractivity contribution in [2.24, 2.45) is 0 Å². The van der Waals surface area contributed by atoms with Gasteiger partial charge in [0, 0.05) is 5.20 Å². The van der Waals surface area contributed by atoms with Crippen LogP contribution in [0.1, 0.15) is 10.4 Å². The monoisotopic (exact) mass is 382 g/mol. The van der Waals surface area contributed by atoms with Crippen molar-refractivity contribution in [2.45, 2.75) is 45.8 Å². The summed E-state index contributed by atoms with van der Waals surface area (Å²) in [5.74, 6) is -0.353. The largest absolute Gasteiger partial charge is 0.458 e. The molecule has 0 unspecified atom stereocenters. The van der Waals surface area contributed by atoms with Gasteiger partial charge in [-0.05, 0) is 58.0 Å². The number of ether oxygens (including phenoxy) is 1. The number of hydrogen-bond donors (Lipinski definition) is 0. The van der Waals surface area contributed by atoms with Crippen LogP contribution in [0.25, 0.3) is 0 Å². The van der Waals surface area contributed by atoms with Gasteiger partial charge in [0.05, 0.1) is 5.56 Å². The highest BCUT2D eigenvalue weighted by atomic mass is 28.5. The molecule has 0 aromatic heterocycles. The van der Waals surface area contributed by atoms with Gasteiger partial charge in [-0.2, -0.15) is 0 Å². The molecule has 0 aliphatic rings. The van der Waals surface area contributed by atoms with Crippen LogP contribution in [-0.2, 0) is 13.0 Å². The Balaban J connectivity index is 2.83. The molecule has 4 nitrogen and oxygen atoms in total. The fraction of sp³-hybridized carbons (Fsp3) is 0.471. The van der Waals surface area contributed by atoms with Crippen LogP contribution in [0, 0.1) is 0 Å². The summed E-state index contributed by atoms with van der Waals surface area (Å²) in [6.45, 7) is 19.1. The molecule has 0 radical (unpaired) electrons. The van der Waals surface area contributed by atoms with Crippen molar-refractivity contribution >= 4 is 31.2 Å². The number of esters is 1. The average Bonchev–Trinajstić information content (AvgIpc) is 2.41. The lowest BCUT2D eigenvalue weighted by atomic mass is 10.2. The average molecular weight is 383 g/mol. The molecule has 0 fully saturated rings. The van der Waals surface area contributed by atoms with E-state index in [1.807, 2.05) is 24.7 Å². The van der Waals surface area contributed by atoms with E-state index in [0.29, 0.717) is 5.56 Å². The Morgan fingerprint density at radius 1 is 0.917 bits per heavy atom. The fourth-order valence-electron chi connectivity index (χ4n) is 2.28. The van der Waals surface area contributed by atoms with Crippen molar-refractivity contribution in [3.05, 3.63) is 47.7 Å². The van der Waals surface area contributed by atoms with E-state index in [2.05, 4.69) is 45.9 Å². The molecule has 134 valence electrons. The van der Waals surface area contributed by atoms with Crippen LogP contribution in [0.4, 0.5) is 0 Å². The van der Waals surface area contributed by atoms with Gasteiger partial charge in [0.1, 0.15) is 6.61 Å². The van der Waals surface area contributed by atoms with Crippen LogP contribution in [0.5, 0.6) is 0 Å². The highest BCUT2D eigenvalue weighted by molar-refractivity contribution is 6.90. The van der Waals surface area contributed by atoms with Crippen LogP contribution in [0.15, 0.2) is 42.1 Å². The van der Waals surface area contributed by atoms with Crippen LogP contribution in [-0.4, -0.2) is 37.8 Å². The van der Waals surface area contributed by atoms with Gasteiger partial charge in [-0.15, -0.1) is 0 Å². The van der Waals surface area contributed by atoms with E-state index in [4.69, 9.17) is 13.0 Å². The Morgan fingerprint density at radius 3 is 1.79 bits per heavy atom. The number of hydrogen-bond acceptors (Lipinski definition) is 4. The molecule has 0 aliphatic carbocycles. The molecular weight excluding hydrogens is 352 g/mol. The minimum Gasteiger partial charge on any atom is -0.458 e. The van der Waals surface area contributed by atoms with Crippen molar-refractivity contribution in [3.8, 4) is 0 Å². The Hall–Kier alpha value is -0.999. The molecule has 1 rings (SSSR count). The highest BCUT2D eigenvalue weighted by Gasteiger charge is 2.43. The Bertz CT molecular complexity index is 558. The molecule has 0 saturated carbocycles. The molecule has 0 bridgehead atoms. The van der Waals surface area contributed by atoms with E-state index in [-0.39, 0.29) is 12.6 Å². The number of carbonyl (C=O) groups excluding carboxylic acids is 1. The van der Waals surface area contributed by atoms with E-state index in [1.165, 1.54) is 0 Å². The van der Waals surface area contributed by atoms with E-state index in [0.717, 1.165) is 5.20 Å². The molecule has 0 N–H and O–H groups in total. The molecule has 1 aromatic carbocycles. The van der Waals surface area contributed by atoms with E-state index >= 15 is 0 Å². The van der Waals surface area contributed by atoms with Crippen LogP contribution >= 0.6 is 0 Å². The zero-order valence-electron chi connectivity index (χ0n) is 15.9. The minimum absolute atomic E-state index is 0.130. The molecule has 0 amide bonds. The van der Waals surface area contributed by atoms with Crippen LogP contribution in [0.3, 0.4) is 0 Å². The smallest absolute Gasteiger partial charge is 0.347 e. The second kappa shape index (κ2) is 7.92. The predicted molar refractivity (Wildman–Crippen MR) is 106 cm³/mol. The predicted octanol–water partition coefficient (Wildman–Crippen LogP) is 4.71. The van der Waals surface area contributed by atoms with Crippen LogP contribution in [0.2, 0.25) is 45.8 Å². The van der Waals surface area contributed by atoms with Gasteiger partial charge in [0.15, 0.2) is 16.6 Å². The van der Waals surface area contributed by atoms with Gasteiger partial charge >= 0.3 is 14.5 Å². The molecule has 0 saturated heterocycles. The third kappa shape index (κ3) is 7.27. The van der Waals surface area contributed by atoms with Gasteiger partial charge in [0.2, 0.25) is 0 Å². The summed E-state index contributed by atoms with van der Waals surface area (Å²) in [5.41, 5.74) is 0.533. The molecule has 24 heavy (non-hydrogen) atoms. The fourth-order valence-corrected chi connectivity index (χ4v) is 13.7. The SMILES string of the molecule is C=C(COC(=O)c1ccccc1)[Si](C)(O[Si](C)(C)C)O[Si](C)(C)C. The molecule has 7 heteroatoms. The third-order valence-electron chi connectivity index (χ3n) is 3.03. The number of carbonyl (C=O) groups is 1. The van der Waals surface area contributed by atoms with Gasteiger partial charge in [-0.1, -0.05) is 24.8 Å². The Labute approximate surface area is 149 Å². The maximum atomic E-state index is 12.1. The third-order valence-corrected chi connectivity index (χ3v) is 12.5. The molecular formula is C17H30O4Si3. The topological polar surface area (TPSA) is 44.8 Å². The maximum Gasteiger partial charge on any atom is 0.347 e. The summed E-state index contributed by atoms with van der Waals surface area (Å²) in [5, 5.41) is 0.761. The van der Waals surface area contributed by atoms with Gasteiger partial charge in [-0.25, -0.2) is 4.79 Å². The molecule has 0 heterocycles. The molecule has 0 atom stereocenters. The Morgan fingerprint density at radius 2 is 1.38 bits per heavy atom. The van der Waals surface area contributed by atoms with Gasteiger partial charge in [-0.3, -0.25) is 0 Å². The summed E-state index contributed by atoms with van der Waals surface area (Å²) in [7, 11) is -6.28. The molecule has 0 spiro atoms. The van der Waals surface area contributed by atoms with Gasteiger partial charge in [0.25, 0.3) is 0 Å². The lowest BCUT2D eigenvalue weighted by Gasteiger charge is -2.39. The standard InChI is InChI=1S/C17H30O4Si3/c1-15(14-19-17(18)16-12-10-9-11-13-16)24(8,20-22(2,3)4)21-23(5,6)7/h9-13H,1,14H2,2-8H3. The van der Waals surface area contributed by atoms with E-state index < -0.39 is 25.2 Å². The first-order chi connectivity index (χ1) is 10.8. The first-order valence-electron chi connectivity index (χ1n) is 8.13. The molecule has 0 aliphatic heterocycles. The van der Waals surface area contributed by atoms with Crippen molar-refractivity contribution in [3.63, 3.8) is 0 Å². The second-order valence-electron chi connectivity index (χ2n) is 7.92. The highest BCUT2D eigenvalue weighted by Crippen LogP contribution is 2.26. The summed E-state index contributed by atoms with van der Waals surface area (Å²) in [6.07, 6.45) is 0. The van der Waals surface area contributed by atoms with Crippen molar-refractivity contribution in [1.82, 2.24) is 0 Å². The zero-order valence-corrected chi connectivity index (χ0v) is 18.9. The normalized spacial score (nSPS) is 12.8. The lowest BCUT2D eigenvalue weighted by Crippen LogP contribution is -2.54. The summed E-state index contributed by atoms with van der Waals surface area (Å²) in [6, 6.07) is 8.96. The first kappa shape index (κ1) is 21.0. The second-order valence-corrected chi connectivity index (χ2v) is 20.6. The Kier molecular flexibility index (Phi) is 6.94. The first-order valence-corrected chi connectivity index (χ1v) is 17.3. The summed E-state index contributed by atoms with van der Waals surface area (Å²) < 4.78 is 18.2. The van der Waals surface area contributed by atoms with Gasteiger partial charge < -0.3 is 13.0 Å². The van der Waals surface area contributed by atoms with Crippen molar-refractivity contribution in [2.75, 3.05) is 6.61 Å². The number of rotatable bonds is 8. The lowest BCUT2D eigenvalue weighted by molar-refractivity contribution is 0.0543. The quantitative estimate of drug-likeness (QED) is 0.482. The van der Waals surface area contributed by atoms with Crippen molar-refractivity contribution < 1.29 is 17.8 Å². The minimum atomic E-state index is -2.64. The maximum absolute atomic E-state index is 12.1. The van der Waals surface area contributed by atoms with E-state index in [9.17, 15) is 4.79 Å². The molecule has 1 aromatic rings. The number of benzene rings is 1. The van der Waals surface area contributed by atoms with E-state index in [1.54, 1.807) is 12.1 Å². The zero-order chi connectivity index (χ0) is 18.6. The van der Waals surface area contributed by atoms with Crippen LogP contribution < -0.4 is 0 Å². The van der Waals surface area contributed by atoms with Crippen molar-refractivity contribution in [1.29, 1.82) is 0 Å². The summed E-state index contributed by atoms with van der Waals surface area (Å²) in [4.78, 5) is 12.1. The summed E-state index contributed by atoms with van der Waals surface area (Å²) >= 11 is 0.